The summed E-state index contributed by atoms with van der Waals surface area (Å²) in [6.07, 6.45) is 2.12. The van der Waals surface area contributed by atoms with E-state index in [-0.39, 0.29) is 0 Å². The standard InChI is InChI=1S/C15H19N/c1-5-13-9-14(6-2)11-15(10-13)8-7-12(3)16-4/h9-11H,5-6H2,1-4H3. The smallest absolute Gasteiger partial charge is 0.0813 e. The van der Waals surface area contributed by atoms with Gasteiger partial charge in [0.15, 0.2) is 0 Å². The number of aryl methyl sites for hydroxylation is 2. The van der Waals surface area contributed by atoms with Crippen LogP contribution in [0.5, 0.6) is 0 Å². The average Bonchev–Trinajstić information content (AvgIpc) is 2.35. The maximum absolute atomic E-state index is 4.03. The summed E-state index contributed by atoms with van der Waals surface area (Å²) in [5, 5.41) is 0. The number of hydrogen-bond donors (Lipinski definition) is 0. The second-order valence-corrected chi connectivity index (χ2v) is 3.80. The van der Waals surface area contributed by atoms with Crippen LogP contribution in [0.1, 0.15) is 37.5 Å². The lowest BCUT2D eigenvalue weighted by atomic mass is 10.0. The largest absolute Gasteiger partial charge is 0.284 e. The molecule has 1 nitrogen and oxygen atoms in total. The van der Waals surface area contributed by atoms with E-state index in [0.717, 1.165) is 24.1 Å². The lowest BCUT2D eigenvalue weighted by Gasteiger charge is -2.02. The van der Waals surface area contributed by atoms with Gasteiger partial charge in [-0.15, -0.1) is 0 Å². The monoisotopic (exact) mass is 213 g/mol. The van der Waals surface area contributed by atoms with E-state index in [4.69, 9.17) is 0 Å². The van der Waals surface area contributed by atoms with Crippen LogP contribution in [-0.4, -0.2) is 12.8 Å². The molecular formula is C15H19N. The van der Waals surface area contributed by atoms with Crippen LogP contribution in [0.3, 0.4) is 0 Å². The predicted molar refractivity (Wildman–Crippen MR) is 71.1 cm³/mol. The highest BCUT2D eigenvalue weighted by atomic mass is 14.7. The van der Waals surface area contributed by atoms with Crippen LogP contribution in [-0.2, 0) is 12.8 Å². The first-order valence-corrected chi connectivity index (χ1v) is 5.77. The third-order valence-corrected chi connectivity index (χ3v) is 2.59. The molecule has 0 atom stereocenters. The minimum atomic E-state index is 0.875. The molecule has 0 aromatic heterocycles. The van der Waals surface area contributed by atoms with Crippen molar-refractivity contribution in [1.29, 1.82) is 0 Å². The van der Waals surface area contributed by atoms with Crippen LogP contribution in [0, 0.1) is 11.8 Å². The Morgan fingerprint density at radius 2 is 1.69 bits per heavy atom. The zero-order valence-electron chi connectivity index (χ0n) is 10.6. The molecule has 0 fully saturated rings. The van der Waals surface area contributed by atoms with Crippen molar-refractivity contribution in [2.75, 3.05) is 7.05 Å². The third-order valence-electron chi connectivity index (χ3n) is 2.59. The molecule has 0 aliphatic rings. The van der Waals surface area contributed by atoms with Crippen molar-refractivity contribution in [2.45, 2.75) is 33.6 Å². The lowest BCUT2D eigenvalue weighted by Crippen LogP contribution is -1.90. The first-order chi connectivity index (χ1) is 7.69. The van der Waals surface area contributed by atoms with Crippen LogP contribution < -0.4 is 0 Å². The van der Waals surface area contributed by atoms with Crippen LogP contribution in [0.2, 0.25) is 0 Å². The molecule has 1 rings (SSSR count). The van der Waals surface area contributed by atoms with E-state index in [1.165, 1.54) is 11.1 Å². The SMILES string of the molecule is CCc1cc(C#CC(C)=NC)cc(CC)c1. The number of nitrogens with zero attached hydrogens (tertiary/aromatic N) is 1. The average molecular weight is 213 g/mol. The Balaban J connectivity index is 3.07. The van der Waals surface area contributed by atoms with Crippen molar-refractivity contribution >= 4 is 5.71 Å². The molecule has 84 valence electrons. The molecule has 0 saturated carbocycles. The number of aliphatic imine (C=N–C) groups is 1. The maximum atomic E-state index is 4.03. The minimum absolute atomic E-state index is 0.875. The molecule has 0 unspecified atom stereocenters. The molecule has 0 aliphatic heterocycles. The van der Waals surface area contributed by atoms with Gasteiger partial charge in [0.05, 0.1) is 5.71 Å². The van der Waals surface area contributed by atoms with Gasteiger partial charge in [-0.05, 0) is 48.9 Å². The Morgan fingerprint density at radius 3 is 2.12 bits per heavy atom. The normalized spacial score (nSPS) is 10.9. The van der Waals surface area contributed by atoms with Gasteiger partial charge in [0, 0.05) is 12.6 Å². The van der Waals surface area contributed by atoms with Crippen LogP contribution >= 0.6 is 0 Å². The summed E-state index contributed by atoms with van der Waals surface area (Å²) in [6, 6.07) is 6.58. The first-order valence-electron chi connectivity index (χ1n) is 5.77. The Bertz CT molecular complexity index is 422. The second-order valence-electron chi connectivity index (χ2n) is 3.80. The summed E-state index contributed by atoms with van der Waals surface area (Å²) in [6.45, 7) is 6.27. The van der Waals surface area contributed by atoms with E-state index in [9.17, 15) is 0 Å². The Labute approximate surface area is 98.6 Å². The summed E-state index contributed by atoms with van der Waals surface area (Å²) in [7, 11) is 1.77. The van der Waals surface area contributed by atoms with Gasteiger partial charge in [-0.3, -0.25) is 4.99 Å². The number of rotatable bonds is 2. The van der Waals surface area contributed by atoms with Gasteiger partial charge in [-0.2, -0.15) is 0 Å². The van der Waals surface area contributed by atoms with Crippen molar-refractivity contribution in [3.05, 3.63) is 34.9 Å². The quantitative estimate of drug-likeness (QED) is 0.528. The molecule has 0 spiro atoms. The van der Waals surface area contributed by atoms with E-state index < -0.39 is 0 Å². The molecule has 0 saturated heterocycles. The molecule has 0 radical (unpaired) electrons. The summed E-state index contributed by atoms with van der Waals surface area (Å²) in [5.41, 5.74) is 4.68. The van der Waals surface area contributed by atoms with E-state index in [2.05, 4.69) is 48.9 Å². The molecule has 0 amide bonds. The van der Waals surface area contributed by atoms with Gasteiger partial charge in [-0.1, -0.05) is 25.8 Å². The molecular weight excluding hydrogens is 194 g/mol. The minimum Gasteiger partial charge on any atom is -0.284 e. The molecule has 0 heterocycles. The van der Waals surface area contributed by atoms with Gasteiger partial charge >= 0.3 is 0 Å². The molecule has 0 N–H and O–H groups in total. The van der Waals surface area contributed by atoms with Crippen molar-refractivity contribution in [2.24, 2.45) is 4.99 Å². The van der Waals surface area contributed by atoms with Crippen LogP contribution in [0.25, 0.3) is 0 Å². The van der Waals surface area contributed by atoms with Crippen molar-refractivity contribution in [1.82, 2.24) is 0 Å². The first kappa shape index (κ1) is 12.5. The fraction of sp³-hybridized carbons (Fsp3) is 0.400. The Hall–Kier alpha value is -1.55. The number of hydrogen-bond acceptors (Lipinski definition) is 1. The highest BCUT2D eigenvalue weighted by Gasteiger charge is 1.96. The van der Waals surface area contributed by atoms with Gasteiger partial charge in [0.1, 0.15) is 0 Å². The molecule has 1 heteroatoms. The predicted octanol–water partition coefficient (Wildman–Crippen LogP) is 3.25. The Morgan fingerprint density at radius 1 is 1.12 bits per heavy atom. The van der Waals surface area contributed by atoms with Gasteiger partial charge in [0.2, 0.25) is 0 Å². The van der Waals surface area contributed by atoms with Gasteiger partial charge < -0.3 is 0 Å². The molecule has 1 aromatic rings. The molecule has 0 bridgehead atoms. The summed E-state index contributed by atoms with van der Waals surface area (Å²) < 4.78 is 0. The van der Waals surface area contributed by atoms with Gasteiger partial charge in [0.25, 0.3) is 0 Å². The van der Waals surface area contributed by atoms with E-state index in [1.54, 1.807) is 7.05 Å². The van der Waals surface area contributed by atoms with Crippen molar-refractivity contribution < 1.29 is 0 Å². The van der Waals surface area contributed by atoms with Gasteiger partial charge in [-0.25, -0.2) is 0 Å². The third kappa shape index (κ3) is 3.55. The van der Waals surface area contributed by atoms with Crippen molar-refractivity contribution in [3.8, 4) is 11.8 Å². The van der Waals surface area contributed by atoms with E-state index >= 15 is 0 Å². The van der Waals surface area contributed by atoms with Crippen LogP contribution in [0.15, 0.2) is 23.2 Å². The molecule has 0 aliphatic carbocycles. The lowest BCUT2D eigenvalue weighted by molar-refractivity contribution is 1.08. The second kappa shape index (κ2) is 6.12. The fourth-order valence-corrected chi connectivity index (χ4v) is 1.46. The summed E-state index contributed by atoms with van der Waals surface area (Å²) in [4.78, 5) is 4.03. The highest BCUT2D eigenvalue weighted by molar-refractivity contribution is 5.98. The van der Waals surface area contributed by atoms with E-state index in [1.807, 2.05) is 6.92 Å². The highest BCUT2D eigenvalue weighted by Crippen LogP contribution is 2.11. The fourth-order valence-electron chi connectivity index (χ4n) is 1.46. The Kier molecular flexibility index (Phi) is 4.79. The zero-order valence-corrected chi connectivity index (χ0v) is 10.6. The molecule has 1 aromatic carbocycles. The topological polar surface area (TPSA) is 12.4 Å². The summed E-state index contributed by atoms with van der Waals surface area (Å²) in [5.74, 6) is 6.22. The maximum Gasteiger partial charge on any atom is 0.0813 e. The summed E-state index contributed by atoms with van der Waals surface area (Å²) >= 11 is 0. The molecule has 16 heavy (non-hydrogen) atoms. The van der Waals surface area contributed by atoms with Crippen molar-refractivity contribution in [3.63, 3.8) is 0 Å². The zero-order chi connectivity index (χ0) is 12.0. The number of benzene rings is 1. The van der Waals surface area contributed by atoms with E-state index in [0.29, 0.717) is 0 Å². The van der Waals surface area contributed by atoms with Crippen LogP contribution in [0.4, 0.5) is 0 Å².